The molecule has 4 aromatic carbocycles. The summed E-state index contributed by atoms with van der Waals surface area (Å²) in [6, 6.07) is 27.2. The molecule has 0 aromatic heterocycles. The van der Waals surface area contributed by atoms with Crippen LogP contribution in [0.5, 0.6) is 5.75 Å². The third kappa shape index (κ3) is 8.59. The van der Waals surface area contributed by atoms with E-state index in [1.165, 1.54) is 23.9 Å². The van der Waals surface area contributed by atoms with Gasteiger partial charge in [0, 0.05) is 21.8 Å². The van der Waals surface area contributed by atoms with Crippen LogP contribution < -0.4 is 20.7 Å². The number of rotatable bonds is 11. The standard InChI is InChI=1S/C34H31N3O6S/c1-21-12-15-25(34(41)42)19-29(21)36-31(38)22(2)44-28-11-7-10-26(20-28)35-33(40)30(18-23-13-16-27(43-3)17-14-23)37-32(39)24-8-5-4-6-9-24/h4-20,22H,1-3H3,(H,35,40)(H,36,38)(H,37,39)(H,41,42)/b30-18+. The number of carboxylic acids is 1. The highest BCUT2D eigenvalue weighted by Crippen LogP contribution is 2.28. The molecule has 0 spiro atoms. The van der Waals surface area contributed by atoms with Crippen LogP contribution >= 0.6 is 11.8 Å². The van der Waals surface area contributed by atoms with Gasteiger partial charge >= 0.3 is 5.97 Å². The molecule has 4 aromatic rings. The van der Waals surface area contributed by atoms with Gasteiger partial charge in [-0.15, -0.1) is 11.8 Å². The van der Waals surface area contributed by atoms with E-state index in [0.29, 0.717) is 28.3 Å². The Balaban J connectivity index is 1.48. The molecule has 0 saturated heterocycles. The summed E-state index contributed by atoms with van der Waals surface area (Å²) in [5, 5.41) is 17.1. The molecule has 1 unspecified atom stereocenters. The number of methoxy groups -OCH3 is 1. The zero-order valence-electron chi connectivity index (χ0n) is 24.3. The number of ether oxygens (including phenoxy) is 1. The number of hydrogen-bond acceptors (Lipinski definition) is 6. The lowest BCUT2D eigenvalue weighted by atomic mass is 10.1. The molecule has 0 aliphatic heterocycles. The molecule has 44 heavy (non-hydrogen) atoms. The zero-order valence-corrected chi connectivity index (χ0v) is 25.1. The maximum absolute atomic E-state index is 13.4. The molecule has 4 N–H and O–H groups in total. The van der Waals surface area contributed by atoms with Crippen molar-refractivity contribution in [3.63, 3.8) is 0 Å². The number of nitrogens with one attached hydrogen (secondary N) is 3. The Morgan fingerprint density at radius 3 is 2.25 bits per heavy atom. The first-order valence-electron chi connectivity index (χ1n) is 13.6. The molecule has 1 atom stereocenters. The van der Waals surface area contributed by atoms with Crippen molar-refractivity contribution in [2.24, 2.45) is 0 Å². The smallest absolute Gasteiger partial charge is 0.335 e. The van der Waals surface area contributed by atoms with Crippen molar-refractivity contribution in [1.29, 1.82) is 0 Å². The number of anilines is 2. The van der Waals surface area contributed by atoms with E-state index in [-0.39, 0.29) is 17.2 Å². The highest BCUT2D eigenvalue weighted by molar-refractivity contribution is 8.00. The van der Waals surface area contributed by atoms with Crippen LogP contribution in [0.3, 0.4) is 0 Å². The first-order chi connectivity index (χ1) is 21.1. The van der Waals surface area contributed by atoms with Crippen molar-refractivity contribution in [2.75, 3.05) is 17.7 Å². The van der Waals surface area contributed by atoms with Gasteiger partial charge in [-0.3, -0.25) is 14.4 Å². The van der Waals surface area contributed by atoms with E-state index in [0.717, 1.165) is 10.5 Å². The predicted molar refractivity (Wildman–Crippen MR) is 172 cm³/mol. The van der Waals surface area contributed by atoms with Crippen molar-refractivity contribution in [1.82, 2.24) is 5.32 Å². The number of carboxylic acid groups (broad SMARTS) is 1. The number of aromatic carboxylic acids is 1. The Kier molecular flexibility index (Phi) is 10.6. The van der Waals surface area contributed by atoms with Crippen molar-refractivity contribution >= 4 is 52.9 Å². The van der Waals surface area contributed by atoms with Gasteiger partial charge in [0.2, 0.25) is 5.91 Å². The van der Waals surface area contributed by atoms with E-state index in [9.17, 15) is 24.3 Å². The van der Waals surface area contributed by atoms with Gasteiger partial charge < -0.3 is 25.8 Å². The van der Waals surface area contributed by atoms with E-state index in [1.807, 2.05) is 6.07 Å². The van der Waals surface area contributed by atoms with Gasteiger partial charge in [0.05, 0.1) is 17.9 Å². The maximum atomic E-state index is 13.4. The quantitative estimate of drug-likeness (QED) is 0.117. The number of hydrogen-bond donors (Lipinski definition) is 4. The summed E-state index contributed by atoms with van der Waals surface area (Å²) in [7, 11) is 1.56. The lowest BCUT2D eigenvalue weighted by Crippen LogP contribution is -2.30. The van der Waals surface area contributed by atoms with Gasteiger partial charge in [-0.2, -0.15) is 0 Å². The minimum absolute atomic E-state index is 0.0359. The van der Waals surface area contributed by atoms with Crippen molar-refractivity contribution in [3.8, 4) is 5.75 Å². The van der Waals surface area contributed by atoms with E-state index >= 15 is 0 Å². The topological polar surface area (TPSA) is 134 Å². The fraction of sp³-hybridized carbons (Fsp3) is 0.118. The third-order valence-corrected chi connectivity index (χ3v) is 7.57. The van der Waals surface area contributed by atoms with E-state index < -0.39 is 23.0 Å². The normalized spacial score (nSPS) is 11.7. The van der Waals surface area contributed by atoms with Crippen LogP contribution in [0, 0.1) is 6.92 Å². The van der Waals surface area contributed by atoms with Crippen LogP contribution in [0.2, 0.25) is 0 Å². The lowest BCUT2D eigenvalue weighted by Gasteiger charge is -2.15. The number of benzene rings is 4. The predicted octanol–water partition coefficient (Wildman–Crippen LogP) is 6.23. The van der Waals surface area contributed by atoms with Crippen LogP contribution in [-0.2, 0) is 9.59 Å². The van der Waals surface area contributed by atoms with Crippen LogP contribution in [0.15, 0.2) is 108 Å². The van der Waals surface area contributed by atoms with Gasteiger partial charge in [-0.1, -0.05) is 42.5 Å². The zero-order chi connectivity index (χ0) is 31.6. The Morgan fingerprint density at radius 2 is 1.57 bits per heavy atom. The lowest BCUT2D eigenvalue weighted by molar-refractivity contribution is -0.115. The summed E-state index contributed by atoms with van der Waals surface area (Å²) in [4.78, 5) is 51.3. The number of aryl methyl sites for hydroxylation is 1. The molecule has 0 fully saturated rings. The second-order valence-electron chi connectivity index (χ2n) is 9.72. The number of carbonyl (C=O) groups is 4. The molecule has 0 heterocycles. The molecule has 224 valence electrons. The first kappa shape index (κ1) is 31.6. The average Bonchev–Trinajstić information content (AvgIpc) is 3.02. The van der Waals surface area contributed by atoms with E-state index in [2.05, 4.69) is 16.0 Å². The van der Waals surface area contributed by atoms with Gasteiger partial charge in [0.1, 0.15) is 11.4 Å². The summed E-state index contributed by atoms with van der Waals surface area (Å²) in [6.07, 6.45) is 1.57. The summed E-state index contributed by atoms with van der Waals surface area (Å²) in [5.41, 5.74) is 2.82. The second-order valence-corrected chi connectivity index (χ2v) is 11.1. The Morgan fingerprint density at radius 1 is 0.841 bits per heavy atom. The molecule has 0 aliphatic carbocycles. The summed E-state index contributed by atoms with van der Waals surface area (Å²) in [5.74, 6) is -1.70. The molecule has 4 rings (SSSR count). The van der Waals surface area contributed by atoms with Crippen LogP contribution in [0.25, 0.3) is 6.08 Å². The highest BCUT2D eigenvalue weighted by atomic mass is 32.2. The van der Waals surface area contributed by atoms with Gasteiger partial charge in [0.25, 0.3) is 11.8 Å². The molecule has 0 aliphatic rings. The van der Waals surface area contributed by atoms with Gasteiger partial charge in [-0.05, 0) is 85.6 Å². The Hall–Kier alpha value is -5.35. The largest absolute Gasteiger partial charge is 0.497 e. The maximum Gasteiger partial charge on any atom is 0.335 e. The molecular formula is C34H31N3O6S. The summed E-state index contributed by atoms with van der Waals surface area (Å²) in [6.45, 7) is 3.52. The Bertz CT molecular complexity index is 1700. The van der Waals surface area contributed by atoms with Crippen molar-refractivity contribution in [3.05, 3.63) is 125 Å². The van der Waals surface area contributed by atoms with Crippen molar-refractivity contribution in [2.45, 2.75) is 24.0 Å². The van der Waals surface area contributed by atoms with E-state index in [4.69, 9.17) is 4.74 Å². The summed E-state index contributed by atoms with van der Waals surface area (Å²) < 4.78 is 5.21. The molecule has 0 radical (unpaired) electrons. The van der Waals surface area contributed by atoms with E-state index in [1.54, 1.807) is 106 Å². The molecular weight excluding hydrogens is 578 g/mol. The second kappa shape index (κ2) is 14.7. The fourth-order valence-corrected chi connectivity index (χ4v) is 4.96. The molecule has 3 amide bonds. The number of amides is 3. The number of carbonyl (C=O) groups excluding carboxylic acids is 3. The fourth-order valence-electron chi connectivity index (χ4n) is 4.04. The molecule has 9 nitrogen and oxygen atoms in total. The Labute approximate surface area is 259 Å². The molecule has 10 heteroatoms. The van der Waals surface area contributed by atoms with Gasteiger partial charge in [-0.25, -0.2) is 4.79 Å². The van der Waals surface area contributed by atoms with Crippen LogP contribution in [0.4, 0.5) is 11.4 Å². The molecule has 0 saturated carbocycles. The average molecular weight is 610 g/mol. The highest BCUT2D eigenvalue weighted by Gasteiger charge is 2.18. The minimum atomic E-state index is -1.08. The summed E-state index contributed by atoms with van der Waals surface area (Å²) >= 11 is 1.28. The van der Waals surface area contributed by atoms with Crippen molar-refractivity contribution < 1.29 is 29.0 Å². The van der Waals surface area contributed by atoms with Crippen LogP contribution in [0.1, 0.15) is 38.8 Å². The SMILES string of the molecule is COc1ccc(/C=C(/NC(=O)c2ccccc2)C(=O)Nc2cccc(SC(C)C(=O)Nc3cc(C(=O)O)ccc3C)c2)cc1. The molecule has 0 bridgehead atoms. The van der Waals surface area contributed by atoms with Crippen LogP contribution in [-0.4, -0.2) is 41.2 Å². The monoisotopic (exact) mass is 609 g/mol. The third-order valence-electron chi connectivity index (χ3n) is 6.47. The van der Waals surface area contributed by atoms with Gasteiger partial charge in [0.15, 0.2) is 0 Å². The minimum Gasteiger partial charge on any atom is -0.497 e. The number of thioether (sulfide) groups is 1. The first-order valence-corrected chi connectivity index (χ1v) is 14.5.